The van der Waals surface area contributed by atoms with Crippen molar-refractivity contribution in [3.8, 4) is 11.3 Å². The number of nitrogens with two attached hydrogens (primary N) is 1. The highest BCUT2D eigenvalue weighted by Crippen LogP contribution is 2.33. The summed E-state index contributed by atoms with van der Waals surface area (Å²) in [6.45, 7) is 6.08. The van der Waals surface area contributed by atoms with Gasteiger partial charge in [0.25, 0.3) is 0 Å². The fraction of sp³-hybridized carbons (Fsp3) is 0.280. The number of nitrogens with zero attached hydrogens (tertiary/aromatic N) is 1. The molecule has 0 fully saturated rings. The van der Waals surface area contributed by atoms with E-state index in [1.807, 2.05) is 24.4 Å². The maximum absolute atomic E-state index is 12.9. The van der Waals surface area contributed by atoms with E-state index < -0.39 is 11.7 Å². The van der Waals surface area contributed by atoms with Crippen molar-refractivity contribution >= 4 is 33.8 Å². The highest BCUT2D eigenvalue weighted by molar-refractivity contribution is 7.14. The number of allylic oxidation sites excluding steroid dienone is 1. The quantitative estimate of drug-likeness (QED) is 0.208. The number of unbranched alkanes of at least 4 members (excludes halogenated alkanes) is 2. The van der Waals surface area contributed by atoms with Gasteiger partial charge in [-0.1, -0.05) is 42.8 Å². The summed E-state index contributed by atoms with van der Waals surface area (Å²) in [5, 5.41) is 8.47. The molecular weight excluding hydrogens is 461 g/mol. The maximum atomic E-state index is 12.9. The Balaban J connectivity index is 1.37. The smallest absolute Gasteiger partial charge is 0.397 e. The SMILES string of the molecule is C=C(CCCCCC(=O)Nc1cc(C(F)(F)F)ccc1N)Nc1nc(-c2ccc(C)cc2)cs1. The number of amides is 1. The molecule has 3 rings (SSSR count). The average molecular weight is 489 g/mol. The van der Waals surface area contributed by atoms with Crippen LogP contribution in [0.1, 0.15) is 43.2 Å². The molecule has 2 aromatic carbocycles. The van der Waals surface area contributed by atoms with Gasteiger partial charge in [0, 0.05) is 23.1 Å². The largest absolute Gasteiger partial charge is 0.416 e. The molecule has 0 aliphatic rings. The zero-order valence-electron chi connectivity index (χ0n) is 18.8. The van der Waals surface area contributed by atoms with Crippen LogP contribution in [-0.2, 0) is 11.0 Å². The Morgan fingerprint density at radius 1 is 1.06 bits per heavy atom. The molecule has 0 aliphatic carbocycles. The van der Waals surface area contributed by atoms with Gasteiger partial charge in [0.15, 0.2) is 5.13 Å². The van der Waals surface area contributed by atoms with Crippen molar-refractivity contribution in [1.82, 2.24) is 4.98 Å². The lowest BCUT2D eigenvalue weighted by atomic mass is 10.1. The monoisotopic (exact) mass is 488 g/mol. The van der Waals surface area contributed by atoms with Crippen molar-refractivity contribution < 1.29 is 18.0 Å². The van der Waals surface area contributed by atoms with Crippen molar-refractivity contribution in [3.05, 3.63) is 71.2 Å². The van der Waals surface area contributed by atoms with E-state index in [2.05, 4.69) is 34.3 Å². The number of aromatic nitrogens is 1. The Morgan fingerprint density at radius 2 is 1.76 bits per heavy atom. The minimum Gasteiger partial charge on any atom is -0.397 e. The number of hydrogen-bond donors (Lipinski definition) is 3. The Labute approximate surface area is 200 Å². The standard InChI is InChI=1S/C25H27F3N4OS/c1-16-8-10-18(11-9-16)22-15-34-24(32-22)30-17(2)6-4-3-5-7-23(33)31-21-14-19(25(26,27)28)12-13-20(21)29/h8-15H,2-7,29H2,1H3,(H,30,32)(H,31,33). The highest BCUT2D eigenvalue weighted by Gasteiger charge is 2.31. The first-order valence-electron chi connectivity index (χ1n) is 10.9. The van der Waals surface area contributed by atoms with Crippen LogP contribution < -0.4 is 16.4 Å². The molecule has 0 saturated carbocycles. The normalized spacial score (nSPS) is 11.3. The van der Waals surface area contributed by atoms with Gasteiger partial charge in [-0.3, -0.25) is 4.79 Å². The van der Waals surface area contributed by atoms with Crippen molar-refractivity contribution in [2.24, 2.45) is 0 Å². The molecular formula is C25H27F3N4OS. The minimum absolute atomic E-state index is 0.0224. The van der Waals surface area contributed by atoms with E-state index in [9.17, 15) is 18.0 Å². The van der Waals surface area contributed by atoms with Crippen LogP contribution in [0.25, 0.3) is 11.3 Å². The third-order valence-corrected chi connectivity index (χ3v) is 5.93. The van der Waals surface area contributed by atoms with Crippen LogP contribution in [0.15, 0.2) is 60.1 Å². The van der Waals surface area contributed by atoms with Gasteiger partial charge in [-0.25, -0.2) is 4.98 Å². The highest BCUT2D eigenvalue weighted by atomic mass is 32.1. The number of halogens is 3. The summed E-state index contributed by atoms with van der Waals surface area (Å²) >= 11 is 1.51. The number of nitrogen functional groups attached to an aromatic ring is 1. The first-order valence-corrected chi connectivity index (χ1v) is 11.7. The summed E-state index contributed by atoms with van der Waals surface area (Å²) < 4.78 is 38.6. The Bertz CT molecular complexity index is 1140. The van der Waals surface area contributed by atoms with Gasteiger partial charge in [0.2, 0.25) is 5.91 Å². The minimum atomic E-state index is -4.50. The molecule has 9 heteroatoms. The average Bonchev–Trinajstić information content (AvgIpc) is 3.23. The van der Waals surface area contributed by atoms with Gasteiger partial charge < -0.3 is 16.4 Å². The number of thiazole rings is 1. The van der Waals surface area contributed by atoms with Crippen LogP contribution >= 0.6 is 11.3 Å². The lowest BCUT2D eigenvalue weighted by Crippen LogP contribution is -2.14. The number of carbonyl (C=O) groups is 1. The molecule has 0 bridgehead atoms. The Hall–Kier alpha value is -3.33. The lowest BCUT2D eigenvalue weighted by Gasteiger charge is -2.12. The van der Waals surface area contributed by atoms with E-state index in [1.54, 1.807) is 0 Å². The number of anilines is 3. The van der Waals surface area contributed by atoms with E-state index in [-0.39, 0.29) is 23.7 Å². The zero-order valence-corrected chi connectivity index (χ0v) is 19.7. The van der Waals surface area contributed by atoms with Crippen LogP contribution in [0.5, 0.6) is 0 Å². The van der Waals surface area contributed by atoms with Gasteiger partial charge in [0.1, 0.15) is 0 Å². The van der Waals surface area contributed by atoms with Crippen LogP contribution in [0.2, 0.25) is 0 Å². The topological polar surface area (TPSA) is 80.0 Å². The second-order valence-electron chi connectivity index (χ2n) is 8.04. The maximum Gasteiger partial charge on any atom is 0.416 e. The van der Waals surface area contributed by atoms with E-state index in [4.69, 9.17) is 5.73 Å². The second kappa shape index (κ2) is 11.2. The summed E-state index contributed by atoms with van der Waals surface area (Å²) in [7, 11) is 0. The second-order valence-corrected chi connectivity index (χ2v) is 8.90. The molecule has 4 N–H and O–H groups in total. The van der Waals surface area contributed by atoms with E-state index in [1.165, 1.54) is 16.9 Å². The van der Waals surface area contributed by atoms with Gasteiger partial charge in [-0.05, 0) is 44.4 Å². The van der Waals surface area contributed by atoms with Gasteiger partial charge in [-0.15, -0.1) is 11.3 Å². The predicted molar refractivity (Wildman–Crippen MR) is 133 cm³/mol. The Kier molecular flexibility index (Phi) is 8.33. The van der Waals surface area contributed by atoms with Gasteiger partial charge in [-0.2, -0.15) is 13.2 Å². The van der Waals surface area contributed by atoms with Gasteiger partial charge in [0.05, 0.1) is 22.6 Å². The molecule has 180 valence electrons. The first-order chi connectivity index (χ1) is 16.1. The molecule has 0 atom stereocenters. The number of hydrogen-bond acceptors (Lipinski definition) is 5. The number of benzene rings is 2. The Morgan fingerprint density at radius 3 is 2.47 bits per heavy atom. The van der Waals surface area contributed by atoms with Crippen molar-refractivity contribution in [3.63, 3.8) is 0 Å². The van der Waals surface area contributed by atoms with Crippen LogP contribution in [0.3, 0.4) is 0 Å². The van der Waals surface area contributed by atoms with Crippen molar-refractivity contribution in [2.45, 2.75) is 45.2 Å². The zero-order chi connectivity index (χ0) is 24.7. The summed E-state index contributed by atoms with van der Waals surface area (Å²) in [6, 6.07) is 11.1. The first kappa shape index (κ1) is 25.3. The molecule has 0 spiro atoms. The molecule has 0 unspecified atom stereocenters. The molecule has 0 aliphatic heterocycles. The third-order valence-electron chi connectivity index (χ3n) is 5.17. The summed E-state index contributed by atoms with van der Waals surface area (Å²) in [5.74, 6) is -0.366. The molecule has 0 saturated heterocycles. The van der Waals surface area contributed by atoms with E-state index >= 15 is 0 Å². The van der Waals surface area contributed by atoms with E-state index in [0.29, 0.717) is 6.42 Å². The number of alkyl halides is 3. The molecule has 1 aromatic heterocycles. The fourth-order valence-electron chi connectivity index (χ4n) is 3.26. The van der Waals surface area contributed by atoms with Crippen LogP contribution in [-0.4, -0.2) is 10.9 Å². The number of rotatable bonds is 10. The fourth-order valence-corrected chi connectivity index (χ4v) is 4.02. The lowest BCUT2D eigenvalue weighted by molar-refractivity contribution is -0.137. The summed E-state index contributed by atoms with van der Waals surface area (Å²) in [5.41, 5.74) is 8.92. The van der Waals surface area contributed by atoms with Crippen LogP contribution in [0, 0.1) is 6.92 Å². The summed E-state index contributed by atoms with van der Waals surface area (Å²) in [4.78, 5) is 16.7. The molecule has 1 amide bonds. The molecule has 1 heterocycles. The van der Waals surface area contributed by atoms with Crippen LogP contribution in [0.4, 0.5) is 29.7 Å². The molecule has 0 radical (unpaired) electrons. The summed E-state index contributed by atoms with van der Waals surface area (Å²) in [6.07, 6.45) is -1.37. The molecule has 5 nitrogen and oxygen atoms in total. The number of nitrogens with one attached hydrogen (secondary N) is 2. The van der Waals surface area contributed by atoms with Crippen molar-refractivity contribution in [1.29, 1.82) is 0 Å². The van der Waals surface area contributed by atoms with Crippen molar-refractivity contribution in [2.75, 3.05) is 16.4 Å². The number of carbonyl (C=O) groups excluding carboxylic acids is 1. The molecule has 3 aromatic rings. The third kappa shape index (κ3) is 7.34. The predicted octanol–water partition coefficient (Wildman–Crippen LogP) is 7.23. The van der Waals surface area contributed by atoms with Gasteiger partial charge >= 0.3 is 6.18 Å². The van der Waals surface area contributed by atoms with E-state index in [0.717, 1.165) is 59.5 Å². The number of aryl methyl sites for hydroxylation is 1. The molecule has 34 heavy (non-hydrogen) atoms.